The quantitative estimate of drug-likeness (QED) is 0.575. The minimum absolute atomic E-state index is 0.182. The van der Waals surface area contributed by atoms with Crippen LogP contribution in [0.1, 0.15) is 16.1 Å². The molecule has 0 spiro atoms. The number of benzene rings is 2. The van der Waals surface area contributed by atoms with Crippen LogP contribution in [-0.2, 0) is 0 Å². The maximum atomic E-state index is 11.2. The molecule has 2 N–H and O–H groups in total. The summed E-state index contributed by atoms with van der Waals surface area (Å²) in [6.45, 7) is 1.90. The van der Waals surface area contributed by atoms with Crippen LogP contribution >= 0.6 is 11.6 Å². The second-order valence-corrected chi connectivity index (χ2v) is 6.12. The predicted molar refractivity (Wildman–Crippen MR) is 96.9 cm³/mol. The predicted octanol–water partition coefficient (Wildman–Crippen LogP) is 4.29. The summed E-state index contributed by atoms with van der Waals surface area (Å²) in [5.74, 6) is -0.458. The first-order valence-corrected chi connectivity index (χ1v) is 7.94. The van der Waals surface area contributed by atoms with Crippen LogP contribution in [0.2, 0.25) is 5.02 Å². The maximum absolute atomic E-state index is 11.2. The number of hydrogen-bond acceptors (Lipinski definition) is 4. The maximum Gasteiger partial charge on any atom is 0.335 e. The zero-order valence-electron chi connectivity index (χ0n) is 13.2. The van der Waals surface area contributed by atoms with Gasteiger partial charge in [-0.25, -0.2) is 14.8 Å². The molecular formula is C18H13ClN4O2. The monoisotopic (exact) mass is 352 g/mol. The molecule has 0 radical (unpaired) electrons. The fourth-order valence-corrected chi connectivity index (χ4v) is 2.94. The number of fused-ring (bicyclic) bond motifs is 3. The lowest BCUT2D eigenvalue weighted by molar-refractivity contribution is 0.0697. The zero-order chi connectivity index (χ0) is 17.6. The molecule has 4 aromatic rings. The Morgan fingerprint density at radius 3 is 2.80 bits per heavy atom. The number of rotatable bonds is 3. The molecule has 2 heterocycles. The van der Waals surface area contributed by atoms with E-state index in [1.165, 1.54) is 0 Å². The highest BCUT2D eigenvalue weighted by Crippen LogP contribution is 2.26. The molecule has 0 aliphatic rings. The van der Waals surface area contributed by atoms with Crippen molar-refractivity contribution in [2.45, 2.75) is 6.92 Å². The summed E-state index contributed by atoms with van der Waals surface area (Å²) in [6.07, 6.45) is 1.87. The Kier molecular flexibility index (Phi) is 3.54. The van der Waals surface area contributed by atoms with Gasteiger partial charge in [0.05, 0.1) is 16.8 Å². The largest absolute Gasteiger partial charge is 0.478 e. The third kappa shape index (κ3) is 2.77. The number of carbonyl (C=O) groups is 1. The molecular weight excluding hydrogens is 340 g/mol. The average Bonchev–Trinajstić information content (AvgIpc) is 2.96. The molecule has 124 valence electrons. The number of halogens is 1. The van der Waals surface area contributed by atoms with Gasteiger partial charge in [0, 0.05) is 22.3 Å². The van der Waals surface area contributed by atoms with Crippen LogP contribution in [0.4, 0.5) is 11.6 Å². The standard InChI is InChI=1S/C18H13ClN4O2/c1-10-9-23-16(20-10)14-6-5-11(17(24)25)7-15(14)22-18(23)21-13-4-2-3-12(19)8-13/h2-9H,1H3,(H,21,22)(H,24,25). The Bertz CT molecular complexity index is 1140. The van der Waals surface area contributed by atoms with Gasteiger partial charge in [0.15, 0.2) is 0 Å². The number of aromatic carboxylic acids is 1. The number of nitrogens with zero attached hydrogens (tertiary/aromatic N) is 3. The van der Waals surface area contributed by atoms with Gasteiger partial charge < -0.3 is 10.4 Å². The Hall–Kier alpha value is -3.12. The van der Waals surface area contributed by atoms with Gasteiger partial charge in [0.25, 0.3) is 0 Å². The summed E-state index contributed by atoms with van der Waals surface area (Å²) >= 11 is 6.04. The Morgan fingerprint density at radius 2 is 2.04 bits per heavy atom. The lowest BCUT2D eigenvalue weighted by Crippen LogP contribution is -2.03. The summed E-state index contributed by atoms with van der Waals surface area (Å²) < 4.78 is 1.85. The van der Waals surface area contributed by atoms with Crippen LogP contribution in [0.5, 0.6) is 0 Å². The topological polar surface area (TPSA) is 79.5 Å². The minimum Gasteiger partial charge on any atom is -0.478 e. The van der Waals surface area contributed by atoms with Crippen molar-refractivity contribution in [3.63, 3.8) is 0 Å². The number of aryl methyl sites for hydroxylation is 1. The van der Waals surface area contributed by atoms with E-state index in [2.05, 4.69) is 15.3 Å². The number of carboxylic acid groups (broad SMARTS) is 1. The van der Waals surface area contributed by atoms with E-state index in [-0.39, 0.29) is 5.56 Å². The van der Waals surface area contributed by atoms with Crippen LogP contribution < -0.4 is 5.32 Å². The van der Waals surface area contributed by atoms with Crippen molar-refractivity contribution in [3.8, 4) is 0 Å². The summed E-state index contributed by atoms with van der Waals surface area (Å²) in [5.41, 5.74) is 3.07. The Labute approximate surface area is 147 Å². The van der Waals surface area contributed by atoms with Gasteiger partial charge in [-0.15, -0.1) is 0 Å². The van der Waals surface area contributed by atoms with Crippen molar-refractivity contribution < 1.29 is 9.90 Å². The van der Waals surface area contributed by atoms with Crippen molar-refractivity contribution in [2.24, 2.45) is 0 Å². The fraction of sp³-hybridized carbons (Fsp3) is 0.0556. The number of nitrogens with one attached hydrogen (secondary N) is 1. The molecule has 0 aliphatic heterocycles. The van der Waals surface area contributed by atoms with E-state index < -0.39 is 5.97 Å². The number of hydrogen-bond donors (Lipinski definition) is 2. The van der Waals surface area contributed by atoms with Crippen molar-refractivity contribution >= 4 is 45.8 Å². The molecule has 0 amide bonds. The number of carboxylic acids is 1. The van der Waals surface area contributed by atoms with E-state index in [0.717, 1.165) is 16.8 Å². The molecule has 0 bridgehead atoms. The van der Waals surface area contributed by atoms with Crippen LogP contribution in [0, 0.1) is 6.92 Å². The molecule has 4 rings (SSSR count). The van der Waals surface area contributed by atoms with Crippen LogP contribution in [0.25, 0.3) is 16.6 Å². The molecule has 0 saturated heterocycles. The van der Waals surface area contributed by atoms with Crippen LogP contribution in [0.3, 0.4) is 0 Å². The summed E-state index contributed by atoms with van der Waals surface area (Å²) in [5, 5.41) is 13.8. The zero-order valence-corrected chi connectivity index (χ0v) is 13.9. The lowest BCUT2D eigenvalue weighted by atomic mass is 10.1. The summed E-state index contributed by atoms with van der Waals surface area (Å²) in [4.78, 5) is 20.4. The second-order valence-electron chi connectivity index (χ2n) is 5.68. The highest BCUT2D eigenvalue weighted by atomic mass is 35.5. The van der Waals surface area contributed by atoms with Gasteiger partial charge in [-0.05, 0) is 43.3 Å². The van der Waals surface area contributed by atoms with E-state index in [9.17, 15) is 9.90 Å². The van der Waals surface area contributed by atoms with Gasteiger partial charge in [-0.2, -0.15) is 0 Å². The first-order valence-electron chi connectivity index (χ1n) is 7.56. The number of anilines is 2. The van der Waals surface area contributed by atoms with E-state index in [4.69, 9.17) is 11.6 Å². The van der Waals surface area contributed by atoms with E-state index in [0.29, 0.717) is 22.1 Å². The molecule has 0 saturated carbocycles. The number of aromatic nitrogens is 3. The summed E-state index contributed by atoms with van der Waals surface area (Å²) in [7, 11) is 0. The first-order chi connectivity index (χ1) is 12.0. The van der Waals surface area contributed by atoms with Gasteiger partial charge in [0.2, 0.25) is 5.95 Å². The molecule has 0 aliphatic carbocycles. The first kappa shape index (κ1) is 15.4. The highest BCUT2D eigenvalue weighted by Gasteiger charge is 2.13. The van der Waals surface area contributed by atoms with Gasteiger partial charge in [-0.3, -0.25) is 4.40 Å². The molecule has 2 aromatic carbocycles. The van der Waals surface area contributed by atoms with Crippen LogP contribution in [0.15, 0.2) is 48.7 Å². The summed E-state index contributed by atoms with van der Waals surface area (Å²) in [6, 6.07) is 12.1. The molecule has 2 aromatic heterocycles. The minimum atomic E-state index is -0.993. The van der Waals surface area contributed by atoms with E-state index in [1.54, 1.807) is 30.3 Å². The van der Waals surface area contributed by atoms with Crippen molar-refractivity contribution in [1.82, 2.24) is 14.4 Å². The molecule has 0 atom stereocenters. The molecule has 0 unspecified atom stereocenters. The van der Waals surface area contributed by atoms with Gasteiger partial charge in [-0.1, -0.05) is 17.7 Å². The van der Waals surface area contributed by atoms with Crippen molar-refractivity contribution in [2.75, 3.05) is 5.32 Å². The second kappa shape index (κ2) is 5.75. The van der Waals surface area contributed by atoms with E-state index in [1.807, 2.05) is 29.7 Å². The average molecular weight is 353 g/mol. The van der Waals surface area contributed by atoms with Crippen molar-refractivity contribution in [1.29, 1.82) is 0 Å². The third-order valence-electron chi connectivity index (χ3n) is 3.85. The van der Waals surface area contributed by atoms with Crippen molar-refractivity contribution in [3.05, 3.63) is 64.9 Å². The Morgan fingerprint density at radius 1 is 1.20 bits per heavy atom. The smallest absolute Gasteiger partial charge is 0.335 e. The van der Waals surface area contributed by atoms with Gasteiger partial charge >= 0.3 is 5.97 Å². The lowest BCUT2D eigenvalue weighted by Gasteiger charge is -2.10. The van der Waals surface area contributed by atoms with Crippen LogP contribution in [-0.4, -0.2) is 25.4 Å². The third-order valence-corrected chi connectivity index (χ3v) is 4.08. The molecule has 7 heteroatoms. The highest BCUT2D eigenvalue weighted by molar-refractivity contribution is 6.30. The molecule has 6 nitrogen and oxygen atoms in total. The fourth-order valence-electron chi connectivity index (χ4n) is 2.75. The SMILES string of the molecule is Cc1cn2c(Nc3cccc(Cl)c3)nc3cc(C(=O)O)ccc3c2n1. The Balaban J connectivity index is 1.95. The normalized spacial score (nSPS) is 11.1. The van der Waals surface area contributed by atoms with Gasteiger partial charge in [0.1, 0.15) is 5.65 Å². The van der Waals surface area contributed by atoms with E-state index >= 15 is 0 Å². The molecule has 25 heavy (non-hydrogen) atoms. The number of imidazole rings is 1. The molecule has 0 fully saturated rings.